The van der Waals surface area contributed by atoms with Crippen molar-refractivity contribution in [1.82, 2.24) is 0 Å². The summed E-state index contributed by atoms with van der Waals surface area (Å²) in [5.41, 5.74) is 0. The van der Waals surface area contributed by atoms with E-state index in [4.69, 9.17) is 0 Å². The molecule has 0 rings (SSSR count). The standard InChI is InChI=1S/7Ba.14H. The molecule has 0 heterocycles. The minimum absolute atomic E-state index is 0. The van der Waals surface area contributed by atoms with Gasteiger partial charge in [0.05, 0.1) is 0 Å². The van der Waals surface area contributed by atoms with Crippen molar-refractivity contribution in [3.63, 3.8) is 0 Å². The number of rotatable bonds is 0. The van der Waals surface area contributed by atoms with Crippen molar-refractivity contribution >= 4 is 342 Å². The summed E-state index contributed by atoms with van der Waals surface area (Å²) in [6.45, 7) is 0. The van der Waals surface area contributed by atoms with Gasteiger partial charge in [0.25, 0.3) is 0 Å². The van der Waals surface area contributed by atoms with Crippen LogP contribution in [0.5, 0.6) is 0 Å². The van der Waals surface area contributed by atoms with Gasteiger partial charge in [0.15, 0.2) is 0 Å². The molecule has 0 aliphatic carbocycles. The van der Waals surface area contributed by atoms with Crippen LogP contribution in [-0.2, 0) is 0 Å². The van der Waals surface area contributed by atoms with Crippen molar-refractivity contribution in [3.05, 3.63) is 0 Å². The molecular formula is H14Ba7. The summed E-state index contributed by atoms with van der Waals surface area (Å²) >= 11 is 0. The van der Waals surface area contributed by atoms with Crippen LogP contribution in [0.3, 0.4) is 0 Å². The molecule has 0 aliphatic heterocycles. The molecule has 7 heteroatoms. The Morgan fingerprint density at radius 2 is 0.143 bits per heavy atom. The van der Waals surface area contributed by atoms with E-state index in [-0.39, 0.29) is 342 Å². The maximum absolute atomic E-state index is 0. The summed E-state index contributed by atoms with van der Waals surface area (Å²) in [5.74, 6) is 0. The zero-order chi connectivity index (χ0) is 0. The molecule has 0 nitrogen and oxygen atoms in total. The van der Waals surface area contributed by atoms with Gasteiger partial charge in [-0.2, -0.15) is 0 Å². The van der Waals surface area contributed by atoms with Crippen LogP contribution in [0.15, 0.2) is 0 Å². The molecule has 0 spiro atoms. The minimum atomic E-state index is 0. The Balaban J connectivity index is 0. The molecule has 0 saturated carbocycles. The van der Waals surface area contributed by atoms with E-state index in [1.54, 1.807) is 0 Å². The fourth-order valence-electron chi connectivity index (χ4n) is 0. The van der Waals surface area contributed by atoms with Crippen LogP contribution in [0, 0.1) is 0 Å². The summed E-state index contributed by atoms with van der Waals surface area (Å²) in [7, 11) is 0. The van der Waals surface area contributed by atoms with E-state index in [1.165, 1.54) is 0 Å². The molecule has 0 radical (unpaired) electrons. The van der Waals surface area contributed by atoms with E-state index >= 15 is 0 Å². The first-order valence-corrected chi connectivity index (χ1v) is 0. The molecule has 0 aromatic rings. The van der Waals surface area contributed by atoms with Crippen LogP contribution in [0.25, 0.3) is 0 Å². The van der Waals surface area contributed by atoms with Gasteiger partial charge in [-0.3, -0.25) is 0 Å². The molecule has 0 saturated heterocycles. The Kier molecular flexibility index (Phi) is 221. The second-order valence-electron chi connectivity index (χ2n) is 0. The number of hydrogen-bond donors (Lipinski definition) is 0. The van der Waals surface area contributed by atoms with E-state index in [2.05, 4.69) is 0 Å². The Morgan fingerprint density at radius 3 is 0.143 bits per heavy atom. The predicted molar refractivity (Wildman–Crippen MR) is 59.8 cm³/mol. The molecule has 7 heavy (non-hydrogen) atoms. The van der Waals surface area contributed by atoms with E-state index in [0.717, 1.165) is 0 Å². The van der Waals surface area contributed by atoms with Gasteiger partial charge in [-0.05, 0) is 0 Å². The van der Waals surface area contributed by atoms with Gasteiger partial charge < -0.3 is 0 Å². The van der Waals surface area contributed by atoms with Crippen LogP contribution in [0.4, 0.5) is 0 Å². The zero-order valence-electron chi connectivity index (χ0n) is 0. The summed E-state index contributed by atoms with van der Waals surface area (Å²) in [4.78, 5) is 0. The van der Waals surface area contributed by atoms with Crippen molar-refractivity contribution in [1.29, 1.82) is 0 Å². The third-order valence-electron chi connectivity index (χ3n) is 0. The van der Waals surface area contributed by atoms with E-state index < -0.39 is 0 Å². The molecule has 0 unspecified atom stereocenters. The predicted octanol–water partition coefficient (Wildman–Crippen LogP) is -6.41. The average molecular weight is 975 g/mol. The van der Waals surface area contributed by atoms with Crippen molar-refractivity contribution in [2.45, 2.75) is 0 Å². The third-order valence-corrected chi connectivity index (χ3v) is 0. The van der Waals surface area contributed by atoms with Gasteiger partial charge >= 0.3 is 342 Å². The van der Waals surface area contributed by atoms with E-state index in [1.807, 2.05) is 0 Å². The van der Waals surface area contributed by atoms with Crippen molar-refractivity contribution in [3.8, 4) is 0 Å². The van der Waals surface area contributed by atoms with Gasteiger partial charge in [0.1, 0.15) is 0 Å². The van der Waals surface area contributed by atoms with Gasteiger partial charge in [0, 0.05) is 0 Å². The molecule has 0 aromatic heterocycles. The van der Waals surface area contributed by atoms with Gasteiger partial charge in [-0.1, -0.05) is 0 Å². The topological polar surface area (TPSA) is 0 Å². The second-order valence-corrected chi connectivity index (χ2v) is 0. The first-order valence-electron chi connectivity index (χ1n) is 0. The van der Waals surface area contributed by atoms with Crippen LogP contribution in [-0.4, -0.2) is 342 Å². The SMILES string of the molecule is [BaH2].[BaH2].[BaH2].[BaH2].[BaH2].[BaH2].[BaH2]. The number of hydrogen-bond acceptors (Lipinski definition) is 0. The second kappa shape index (κ2) is 36.0. The Hall–Kier alpha value is 11.0. The molecule has 0 atom stereocenters. The Bertz CT molecular complexity index is 0. The fourth-order valence-corrected chi connectivity index (χ4v) is 0. The Morgan fingerprint density at radius 1 is 0.143 bits per heavy atom. The van der Waals surface area contributed by atoms with Crippen molar-refractivity contribution in [2.75, 3.05) is 0 Å². The normalized spacial score (nSPS) is 0. The Labute approximate surface area is 327 Å². The van der Waals surface area contributed by atoms with Crippen molar-refractivity contribution < 1.29 is 0 Å². The van der Waals surface area contributed by atoms with E-state index in [9.17, 15) is 0 Å². The summed E-state index contributed by atoms with van der Waals surface area (Å²) in [6.07, 6.45) is 0. The molecular weight excluding hydrogens is 961 g/mol. The monoisotopic (exact) mass is 979 g/mol. The van der Waals surface area contributed by atoms with Crippen LogP contribution in [0.2, 0.25) is 0 Å². The fraction of sp³-hybridized carbons (Fsp3) is 0. The molecule has 0 amide bonds. The first kappa shape index (κ1) is 43.0. The maximum atomic E-state index is 0. The molecule has 0 bridgehead atoms. The average Bonchev–Trinajstić information content (AvgIpc) is 0. The molecule has 0 aliphatic rings. The molecule has 0 aromatic carbocycles. The molecule has 0 fully saturated rings. The van der Waals surface area contributed by atoms with E-state index in [0.29, 0.717) is 0 Å². The molecule has 0 N–H and O–H groups in total. The summed E-state index contributed by atoms with van der Waals surface area (Å²) in [6, 6.07) is 0. The van der Waals surface area contributed by atoms with Crippen LogP contribution < -0.4 is 0 Å². The van der Waals surface area contributed by atoms with Crippen LogP contribution in [0.1, 0.15) is 0 Å². The third kappa shape index (κ3) is 31.6. The van der Waals surface area contributed by atoms with Gasteiger partial charge in [0.2, 0.25) is 0 Å². The summed E-state index contributed by atoms with van der Waals surface area (Å²) < 4.78 is 0. The quantitative estimate of drug-likeness (QED) is 0.213. The first-order chi connectivity index (χ1) is 0. The van der Waals surface area contributed by atoms with Crippen molar-refractivity contribution in [2.24, 2.45) is 0 Å². The van der Waals surface area contributed by atoms with Gasteiger partial charge in [-0.25, -0.2) is 0 Å². The summed E-state index contributed by atoms with van der Waals surface area (Å²) in [5, 5.41) is 0. The zero-order valence-corrected chi connectivity index (χ0v) is 0. The van der Waals surface area contributed by atoms with Gasteiger partial charge in [-0.15, -0.1) is 0 Å². The van der Waals surface area contributed by atoms with Crippen LogP contribution >= 0.6 is 0 Å². The molecule has 28 valence electrons.